The number of aliphatic imine (C=N–C) groups is 1. The minimum atomic E-state index is -0.291. The number of halogens is 3. The Morgan fingerprint density at radius 2 is 1.85 bits per heavy atom. The Morgan fingerprint density at radius 1 is 1.07 bits per heavy atom. The highest BCUT2D eigenvalue weighted by atomic mass is 35.5. The normalized spacial score (nSPS) is 13.5. The van der Waals surface area contributed by atoms with Gasteiger partial charge in [-0.2, -0.15) is 0 Å². The fraction of sp³-hybridized carbons (Fsp3) is 0.0500. The van der Waals surface area contributed by atoms with Crippen molar-refractivity contribution in [2.45, 2.75) is 6.54 Å². The highest BCUT2D eigenvalue weighted by Crippen LogP contribution is 2.37. The molecule has 0 radical (unpaired) electrons. The molecule has 2 aromatic carbocycles. The lowest BCUT2D eigenvalue weighted by Gasteiger charge is -2.31. The summed E-state index contributed by atoms with van der Waals surface area (Å²) in [7, 11) is 0. The van der Waals surface area contributed by atoms with Crippen molar-refractivity contribution in [1.82, 2.24) is 10.4 Å². The summed E-state index contributed by atoms with van der Waals surface area (Å²) in [6.45, 7) is 4.72. The van der Waals surface area contributed by atoms with Crippen LogP contribution in [-0.4, -0.2) is 10.8 Å². The molecule has 7 heteroatoms. The van der Waals surface area contributed by atoms with Gasteiger partial charge in [0.1, 0.15) is 5.82 Å². The quantitative estimate of drug-likeness (QED) is 0.541. The minimum absolute atomic E-state index is 0.291. The van der Waals surface area contributed by atoms with E-state index in [1.165, 1.54) is 12.1 Å². The van der Waals surface area contributed by atoms with Crippen LogP contribution in [0.1, 0.15) is 16.0 Å². The predicted molar refractivity (Wildman–Crippen MR) is 111 cm³/mol. The molecule has 0 fully saturated rings. The Bertz CT molecular complexity index is 1040. The van der Waals surface area contributed by atoms with Crippen LogP contribution in [0.3, 0.4) is 0 Å². The molecule has 1 N–H and O–H groups in total. The summed E-state index contributed by atoms with van der Waals surface area (Å²) in [5.41, 5.74) is 6.74. The highest BCUT2D eigenvalue weighted by Gasteiger charge is 2.25. The third kappa shape index (κ3) is 3.64. The molecule has 27 heavy (non-hydrogen) atoms. The first kappa shape index (κ1) is 18.2. The van der Waals surface area contributed by atoms with E-state index < -0.39 is 0 Å². The molecule has 0 unspecified atom stereocenters. The second kappa shape index (κ2) is 7.44. The standard InChI is InChI=1S/C20H14Cl2FN3S/c1-12-19-18(8-9-27-19)25-20(14-3-5-15(23)6-4-14)26(12)24-11-13-2-7-16(21)17(22)10-13/h2-10,24H,1,11H2. The Morgan fingerprint density at radius 3 is 2.59 bits per heavy atom. The number of benzene rings is 2. The number of thiophene rings is 1. The fourth-order valence-electron chi connectivity index (χ4n) is 2.78. The van der Waals surface area contributed by atoms with Crippen LogP contribution in [-0.2, 0) is 6.54 Å². The van der Waals surface area contributed by atoms with Crippen molar-refractivity contribution in [3.63, 3.8) is 0 Å². The van der Waals surface area contributed by atoms with Gasteiger partial charge in [0.25, 0.3) is 0 Å². The van der Waals surface area contributed by atoms with Gasteiger partial charge >= 0.3 is 0 Å². The van der Waals surface area contributed by atoms with Crippen LogP contribution in [0.2, 0.25) is 10.0 Å². The maximum atomic E-state index is 13.3. The number of fused-ring (bicyclic) bond motifs is 1. The summed E-state index contributed by atoms with van der Waals surface area (Å²) in [6.07, 6.45) is 0. The molecule has 0 amide bonds. The number of nitrogens with one attached hydrogen (secondary N) is 1. The zero-order valence-corrected chi connectivity index (χ0v) is 16.4. The van der Waals surface area contributed by atoms with E-state index in [9.17, 15) is 4.39 Å². The van der Waals surface area contributed by atoms with Crippen molar-refractivity contribution in [3.8, 4) is 0 Å². The summed E-state index contributed by atoms with van der Waals surface area (Å²) in [5, 5.41) is 4.82. The average Bonchev–Trinajstić information content (AvgIpc) is 3.13. The van der Waals surface area contributed by atoms with Gasteiger partial charge in [-0.1, -0.05) is 35.8 Å². The van der Waals surface area contributed by atoms with Gasteiger partial charge in [-0.15, -0.1) is 11.3 Å². The average molecular weight is 418 g/mol. The molecule has 0 spiro atoms. The Kier molecular flexibility index (Phi) is 5.02. The van der Waals surface area contributed by atoms with Gasteiger partial charge in [-0.05, 0) is 53.4 Å². The molecule has 1 aliphatic heterocycles. The molecule has 0 saturated heterocycles. The Balaban J connectivity index is 1.66. The van der Waals surface area contributed by atoms with Crippen LogP contribution in [0.5, 0.6) is 0 Å². The number of hydrogen-bond donors (Lipinski definition) is 1. The topological polar surface area (TPSA) is 27.6 Å². The van der Waals surface area contributed by atoms with Crippen LogP contribution in [0.4, 0.5) is 10.1 Å². The first-order chi connectivity index (χ1) is 13.0. The van der Waals surface area contributed by atoms with Crippen LogP contribution >= 0.6 is 34.5 Å². The maximum absolute atomic E-state index is 13.3. The molecule has 2 heterocycles. The van der Waals surface area contributed by atoms with E-state index in [-0.39, 0.29) is 5.82 Å². The van der Waals surface area contributed by atoms with Crippen molar-refractivity contribution in [3.05, 3.63) is 92.4 Å². The zero-order chi connectivity index (χ0) is 19.0. The lowest BCUT2D eigenvalue weighted by molar-refractivity contribution is 0.419. The number of rotatable bonds is 4. The molecule has 3 aromatic rings. The van der Waals surface area contributed by atoms with Crippen LogP contribution in [0.25, 0.3) is 5.70 Å². The van der Waals surface area contributed by atoms with Gasteiger partial charge in [-0.3, -0.25) is 5.01 Å². The number of hydrogen-bond acceptors (Lipinski definition) is 4. The number of amidine groups is 1. The minimum Gasteiger partial charge on any atom is -0.258 e. The van der Waals surface area contributed by atoms with Gasteiger partial charge in [0.2, 0.25) is 0 Å². The summed E-state index contributed by atoms with van der Waals surface area (Å²) < 4.78 is 13.3. The molecular formula is C20H14Cl2FN3S. The van der Waals surface area contributed by atoms with E-state index in [4.69, 9.17) is 28.2 Å². The van der Waals surface area contributed by atoms with Crippen LogP contribution < -0.4 is 5.43 Å². The molecule has 0 atom stereocenters. The molecule has 0 bridgehead atoms. The zero-order valence-electron chi connectivity index (χ0n) is 14.0. The highest BCUT2D eigenvalue weighted by molar-refractivity contribution is 7.11. The van der Waals surface area contributed by atoms with Crippen molar-refractivity contribution >= 4 is 51.8 Å². The summed E-state index contributed by atoms with van der Waals surface area (Å²) in [6, 6.07) is 13.7. The summed E-state index contributed by atoms with van der Waals surface area (Å²) in [5.74, 6) is 0.367. The van der Waals surface area contributed by atoms with Gasteiger partial charge in [0.15, 0.2) is 5.84 Å². The SMILES string of the molecule is C=C1c2sccc2N=C(c2ccc(F)cc2)N1NCc1ccc(Cl)c(Cl)c1. The predicted octanol–water partition coefficient (Wildman–Crippen LogP) is 6.26. The molecule has 1 aromatic heterocycles. The second-order valence-electron chi connectivity index (χ2n) is 5.94. The largest absolute Gasteiger partial charge is 0.258 e. The number of nitrogens with zero attached hydrogens (tertiary/aromatic N) is 2. The van der Waals surface area contributed by atoms with Crippen molar-refractivity contribution in [1.29, 1.82) is 0 Å². The molecular weight excluding hydrogens is 404 g/mol. The monoisotopic (exact) mass is 417 g/mol. The van der Waals surface area contributed by atoms with E-state index in [0.29, 0.717) is 22.4 Å². The first-order valence-electron chi connectivity index (χ1n) is 8.12. The van der Waals surface area contributed by atoms with Gasteiger partial charge < -0.3 is 0 Å². The molecule has 1 aliphatic rings. The Hall–Kier alpha value is -2.18. The summed E-state index contributed by atoms with van der Waals surface area (Å²) >= 11 is 13.7. The lowest BCUT2D eigenvalue weighted by Crippen LogP contribution is -2.42. The molecule has 3 nitrogen and oxygen atoms in total. The van der Waals surface area contributed by atoms with Gasteiger partial charge in [0.05, 0.1) is 26.3 Å². The third-order valence-electron chi connectivity index (χ3n) is 4.14. The van der Waals surface area contributed by atoms with E-state index in [2.05, 4.69) is 12.0 Å². The maximum Gasteiger partial charge on any atom is 0.155 e. The van der Waals surface area contributed by atoms with E-state index in [1.807, 2.05) is 28.6 Å². The Labute approximate surface area is 170 Å². The van der Waals surface area contributed by atoms with Crippen molar-refractivity contribution < 1.29 is 4.39 Å². The van der Waals surface area contributed by atoms with Crippen molar-refractivity contribution in [2.75, 3.05) is 0 Å². The van der Waals surface area contributed by atoms with E-state index in [0.717, 1.165) is 27.4 Å². The van der Waals surface area contributed by atoms with Crippen LogP contribution in [0.15, 0.2) is 65.5 Å². The first-order valence-corrected chi connectivity index (χ1v) is 9.75. The van der Waals surface area contributed by atoms with Crippen molar-refractivity contribution in [2.24, 2.45) is 4.99 Å². The van der Waals surface area contributed by atoms with E-state index in [1.54, 1.807) is 29.5 Å². The molecule has 0 aliphatic carbocycles. The summed E-state index contributed by atoms with van der Waals surface area (Å²) in [4.78, 5) is 5.73. The molecule has 136 valence electrons. The third-order valence-corrected chi connectivity index (χ3v) is 5.83. The van der Waals surface area contributed by atoms with Gasteiger partial charge in [0, 0.05) is 12.1 Å². The second-order valence-corrected chi connectivity index (χ2v) is 7.67. The smallest absolute Gasteiger partial charge is 0.155 e. The van der Waals surface area contributed by atoms with E-state index >= 15 is 0 Å². The lowest BCUT2D eigenvalue weighted by atomic mass is 10.1. The number of hydrazine groups is 1. The van der Waals surface area contributed by atoms with Crippen LogP contribution in [0, 0.1) is 5.82 Å². The molecule has 4 rings (SSSR count). The molecule has 0 saturated carbocycles. The van der Waals surface area contributed by atoms with Gasteiger partial charge in [-0.25, -0.2) is 14.8 Å². The fourth-order valence-corrected chi connectivity index (χ4v) is 3.90.